The van der Waals surface area contributed by atoms with Gasteiger partial charge in [-0.2, -0.15) is 0 Å². The smallest absolute Gasteiger partial charge is 0.279 e. The molecule has 146 valence electrons. The van der Waals surface area contributed by atoms with Crippen LogP contribution in [0.4, 0.5) is 5.82 Å². The van der Waals surface area contributed by atoms with Gasteiger partial charge in [0.2, 0.25) is 0 Å². The van der Waals surface area contributed by atoms with Crippen LogP contribution in [0.3, 0.4) is 0 Å². The van der Waals surface area contributed by atoms with E-state index >= 15 is 0 Å². The van der Waals surface area contributed by atoms with Gasteiger partial charge in [-0.25, -0.2) is 4.68 Å². The molecular weight excluding hydrogens is 366 g/mol. The molecule has 1 atom stereocenters. The second-order valence-corrected chi connectivity index (χ2v) is 6.66. The van der Waals surface area contributed by atoms with E-state index in [1.165, 1.54) is 4.68 Å². The Labute approximate surface area is 167 Å². The molecule has 0 unspecified atom stereocenters. The van der Waals surface area contributed by atoms with Crippen molar-refractivity contribution in [2.24, 2.45) is 0 Å². The summed E-state index contributed by atoms with van der Waals surface area (Å²) in [5.41, 5.74) is 7.95. The van der Waals surface area contributed by atoms with Gasteiger partial charge in [0.05, 0.1) is 11.3 Å². The standard InChI is InChI=1S/C23H21N3O3/c24-22-20(23(28)26(25-22)18-11-5-2-6-12-18)21(27)17-10-7-13-19(14-17)29-15-16-8-3-1-4-9-16/h1-14,21,25,27H,15,24H2/t21-/m1/s1. The fourth-order valence-corrected chi connectivity index (χ4v) is 3.17. The minimum absolute atomic E-state index is 0.106. The number of ether oxygens (including phenoxy) is 1. The zero-order chi connectivity index (χ0) is 20.2. The van der Waals surface area contributed by atoms with Gasteiger partial charge in [0.25, 0.3) is 5.56 Å². The second kappa shape index (κ2) is 8.08. The molecule has 0 spiro atoms. The number of aliphatic hydroxyl groups excluding tert-OH is 1. The molecule has 0 amide bonds. The molecule has 0 saturated carbocycles. The topological polar surface area (TPSA) is 93.3 Å². The minimum atomic E-state index is -1.18. The van der Waals surface area contributed by atoms with Crippen LogP contribution in [-0.4, -0.2) is 14.9 Å². The van der Waals surface area contributed by atoms with Crippen LogP contribution in [-0.2, 0) is 6.61 Å². The monoisotopic (exact) mass is 387 g/mol. The number of nitrogens with two attached hydrogens (primary N) is 1. The van der Waals surface area contributed by atoms with Crippen molar-refractivity contribution < 1.29 is 9.84 Å². The lowest BCUT2D eigenvalue weighted by Crippen LogP contribution is -2.20. The molecule has 0 aliphatic rings. The highest BCUT2D eigenvalue weighted by atomic mass is 16.5. The van der Waals surface area contributed by atoms with Crippen LogP contribution in [0, 0.1) is 0 Å². The third-order valence-corrected chi connectivity index (χ3v) is 4.67. The summed E-state index contributed by atoms with van der Waals surface area (Å²) in [6.07, 6.45) is -1.18. The van der Waals surface area contributed by atoms with Gasteiger partial charge in [-0.05, 0) is 35.4 Å². The molecule has 29 heavy (non-hydrogen) atoms. The Bertz CT molecular complexity index is 1150. The van der Waals surface area contributed by atoms with Crippen molar-refractivity contribution in [3.63, 3.8) is 0 Å². The molecule has 3 aromatic carbocycles. The number of nitrogens with one attached hydrogen (secondary N) is 1. The van der Waals surface area contributed by atoms with Gasteiger partial charge in [-0.1, -0.05) is 60.7 Å². The van der Waals surface area contributed by atoms with Crippen molar-refractivity contribution in [2.45, 2.75) is 12.7 Å². The molecule has 4 aromatic rings. The van der Waals surface area contributed by atoms with E-state index in [1.54, 1.807) is 30.3 Å². The number of nitrogen functional groups attached to an aromatic ring is 1. The van der Waals surface area contributed by atoms with E-state index in [0.717, 1.165) is 5.56 Å². The van der Waals surface area contributed by atoms with Crippen LogP contribution in [0.5, 0.6) is 5.75 Å². The Balaban J connectivity index is 1.59. The lowest BCUT2D eigenvalue weighted by Gasteiger charge is -2.12. The van der Waals surface area contributed by atoms with Crippen molar-refractivity contribution in [3.8, 4) is 11.4 Å². The first-order valence-electron chi connectivity index (χ1n) is 9.24. The number of H-pyrrole nitrogens is 1. The van der Waals surface area contributed by atoms with Crippen LogP contribution >= 0.6 is 0 Å². The number of para-hydroxylation sites is 1. The normalized spacial score (nSPS) is 11.9. The summed E-state index contributed by atoms with van der Waals surface area (Å²) in [7, 11) is 0. The number of aromatic nitrogens is 2. The Morgan fingerprint density at radius 2 is 1.66 bits per heavy atom. The Hall–Kier alpha value is -3.77. The van der Waals surface area contributed by atoms with Gasteiger partial charge in [-0.15, -0.1) is 0 Å². The van der Waals surface area contributed by atoms with Crippen LogP contribution in [0.1, 0.15) is 22.8 Å². The summed E-state index contributed by atoms with van der Waals surface area (Å²) in [4.78, 5) is 12.9. The maximum atomic E-state index is 12.9. The van der Waals surface area contributed by atoms with Crippen molar-refractivity contribution in [2.75, 3.05) is 5.73 Å². The van der Waals surface area contributed by atoms with Crippen molar-refractivity contribution in [1.82, 2.24) is 9.78 Å². The lowest BCUT2D eigenvalue weighted by atomic mass is 10.0. The Morgan fingerprint density at radius 3 is 2.38 bits per heavy atom. The summed E-state index contributed by atoms with van der Waals surface area (Å²) in [5, 5.41) is 13.7. The number of nitrogens with zero attached hydrogens (tertiary/aromatic N) is 1. The van der Waals surface area contributed by atoms with Crippen LogP contribution in [0.2, 0.25) is 0 Å². The number of aromatic amines is 1. The summed E-state index contributed by atoms with van der Waals surface area (Å²) in [5.74, 6) is 0.727. The van der Waals surface area contributed by atoms with Crippen molar-refractivity contribution in [3.05, 3.63) is 112 Å². The Kier molecular flexibility index (Phi) is 5.18. The number of rotatable bonds is 6. The van der Waals surface area contributed by atoms with Crippen molar-refractivity contribution >= 4 is 5.82 Å². The molecule has 0 fully saturated rings. The van der Waals surface area contributed by atoms with Crippen molar-refractivity contribution in [1.29, 1.82) is 0 Å². The van der Waals surface area contributed by atoms with Gasteiger partial charge >= 0.3 is 0 Å². The quantitative estimate of drug-likeness (QED) is 0.473. The highest BCUT2D eigenvalue weighted by molar-refractivity contribution is 5.47. The van der Waals surface area contributed by atoms with Crippen LogP contribution in [0.15, 0.2) is 89.7 Å². The van der Waals surface area contributed by atoms with E-state index in [4.69, 9.17) is 10.5 Å². The van der Waals surface area contributed by atoms with Gasteiger partial charge in [0.15, 0.2) is 0 Å². The van der Waals surface area contributed by atoms with E-state index in [2.05, 4.69) is 5.10 Å². The molecule has 4 rings (SSSR count). The molecule has 6 heteroatoms. The summed E-state index contributed by atoms with van der Waals surface area (Å²) in [6.45, 7) is 0.410. The molecule has 0 saturated heterocycles. The molecule has 0 radical (unpaired) electrons. The fourth-order valence-electron chi connectivity index (χ4n) is 3.17. The average Bonchev–Trinajstić information content (AvgIpc) is 3.07. The molecule has 0 aliphatic heterocycles. The predicted molar refractivity (Wildman–Crippen MR) is 112 cm³/mol. The highest BCUT2D eigenvalue weighted by Gasteiger charge is 2.22. The lowest BCUT2D eigenvalue weighted by molar-refractivity contribution is 0.218. The molecule has 1 aromatic heterocycles. The van der Waals surface area contributed by atoms with Crippen LogP contribution in [0.25, 0.3) is 5.69 Å². The van der Waals surface area contributed by atoms with Gasteiger partial charge < -0.3 is 15.6 Å². The zero-order valence-electron chi connectivity index (χ0n) is 15.7. The first-order chi connectivity index (χ1) is 14.1. The highest BCUT2D eigenvalue weighted by Crippen LogP contribution is 2.27. The number of hydrogen-bond donors (Lipinski definition) is 3. The van der Waals surface area contributed by atoms with E-state index in [0.29, 0.717) is 23.6 Å². The maximum absolute atomic E-state index is 12.9. The third-order valence-electron chi connectivity index (χ3n) is 4.67. The van der Waals surface area contributed by atoms with Gasteiger partial charge in [-0.3, -0.25) is 9.89 Å². The molecule has 0 aliphatic carbocycles. The number of anilines is 1. The van der Waals surface area contributed by atoms with Crippen LogP contribution < -0.4 is 16.0 Å². The molecule has 4 N–H and O–H groups in total. The molecule has 0 bridgehead atoms. The number of hydrogen-bond acceptors (Lipinski definition) is 4. The van der Waals surface area contributed by atoms with E-state index in [9.17, 15) is 9.90 Å². The van der Waals surface area contributed by atoms with E-state index < -0.39 is 11.7 Å². The summed E-state index contributed by atoms with van der Waals surface area (Å²) < 4.78 is 7.14. The fraction of sp³-hybridized carbons (Fsp3) is 0.0870. The number of benzene rings is 3. The summed E-state index contributed by atoms with van der Waals surface area (Å²) in [6, 6.07) is 25.9. The average molecular weight is 387 g/mol. The largest absolute Gasteiger partial charge is 0.489 e. The summed E-state index contributed by atoms with van der Waals surface area (Å²) >= 11 is 0. The van der Waals surface area contributed by atoms with Gasteiger partial charge in [0, 0.05) is 0 Å². The third kappa shape index (κ3) is 3.93. The van der Waals surface area contributed by atoms with E-state index in [1.807, 2.05) is 54.6 Å². The SMILES string of the molecule is Nc1[nH]n(-c2ccccc2)c(=O)c1[C@H](O)c1cccc(OCc2ccccc2)c1. The Morgan fingerprint density at radius 1 is 0.966 bits per heavy atom. The number of aliphatic hydroxyl groups is 1. The second-order valence-electron chi connectivity index (χ2n) is 6.66. The molecule has 1 heterocycles. The first-order valence-corrected chi connectivity index (χ1v) is 9.24. The molecule has 6 nitrogen and oxygen atoms in total. The maximum Gasteiger partial charge on any atom is 0.279 e. The van der Waals surface area contributed by atoms with Gasteiger partial charge in [0.1, 0.15) is 24.3 Å². The molecular formula is C23H21N3O3. The minimum Gasteiger partial charge on any atom is -0.489 e. The predicted octanol–water partition coefficient (Wildman–Crippen LogP) is 3.41. The van der Waals surface area contributed by atoms with E-state index in [-0.39, 0.29) is 11.4 Å². The zero-order valence-corrected chi connectivity index (χ0v) is 15.7. The first kappa shape index (κ1) is 18.6.